The first kappa shape index (κ1) is 13.6. The molecule has 0 aliphatic carbocycles. The third kappa shape index (κ3) is 3.33. The van der Waals surface area contributed by atoms with E-state index < -0.39 is 17.7 Å². The molecule has 5 heteroatoms. The van der Waals surface area contributed by atoms with Crippen molar-refractivity contribution in [2.45, 2.75) is 12.3 Å². The average molecular weight is 268 g/mol. The van der Waals surface area contributed by atoms with Crippen molar-refractivity contribution in [1.82, 2.24) is 5.32 Å². The molecule has 1 aromatic carbocycles. The van der Waals surface area contributed by atoms with E-state index in [9.17, 15) is 9.59 Å². The Morgan fingerprint density at radius 2 is 2.00 bits per heavy atom. The largest absolute Gasteiger partial charge is 0.472 e. The third-order valence-corrected chi connectivity index (χ3v) is 2.78. The number of rotatable bonds is 4. The van der Waals surface area contributed by atoms with Crippen molar-refractivity contribution in [3.05, 3.63) is 60.1 Å². The summed E-state index contributed by atoms with van der Waals surface area (Å²) in [6.45, 7) is 0. The summed E-state index contributed by atoms with van der Waals surface area (Å²) in [6.07, 6.45) is 2.77. The Hall–Kier alpha value is -2.87. The first-order chi connectivity index (χ1) is 9.70. The summed E-state index contributed by atoms with van der Waals surface area (Å²) in [5.41, 5.74) is 1.02. The van der Waals surface area contributed by atoms with Gasteiger partial charge in [0.25, 0.3) is 5.91 Å². The van der Waals surface area contributed by atoms with Gasteiger partial charge in [0.15, 0.2) is 0 Å². The van der Waals surface area contributed by atoms with E-state index in [4.69, 9.17) is 9.68 Å². The van der Waals surface area contributed by atoms with Crippen molar-refractivity contribution in [3.63, 3.8) is 0 Å². The Kier molecular flexibility index (Phi) is 4.30. The Morgan fingerprint density at radius 3 is 2.60 bits per heavy atom. The summed E-state index contributed by atoms with van der Waals surface area (Å²) < 4.78 is 4.88. The lowest BCUT2D eigenvalue weighted by Crippen LogP contribution is -2.31. The fraction of sp³-hybridized carbons (Fsp3) is 0.133. The highest BCUT2D eigenvalue weighted by molar-refractivity contribution is 6.04. The number of nitriles is 1. The molecule has 1 N–H and O–H groups in total. The molecule has 0 spiro atoms. The SMILES string of the molecule is N#CC(CC(=O)NC(=O)c1ccccc1)c1ccoc1. The zero-order valence-electron chi connectivity index (χ0n) is 10.6. The minimum Gasteiger partial charge on any atom is -0.472 e. The number of imide groups is 1. The zero-order valence-corrected chi connectivity index (χ0v) is 10.6. The van der Waals surface area contributed by atoms with Crippen molar-refractivity contribution < 1.29 is 14.0 Å². The van der Waals surface area contributed by atoms with E-state index >= 15 is 0 Å². The van der Waals surface area contributed by atoms with Crippen molar-refractivity contribution in [2.24, 2.45) is 0 Å². The molecular formula is C15H12N2O3. The molecule has 0 radical (unpaired) electrons. The van der Waals surface area contributed by atoms with Crippen LogP contribution in [0.3, 0.4) is 0 Å². The second-order valence-electron chi connectivity index (χ2n) is 4.19. The third-order valence-electron chi connectivity index (χ3n) is 2.78. The standard InChI is InChI=1S/C15H12N2O3/c16-9-13(12-6-7-20-10-12)8-14(18)17-15(19)11-4-2-1-3-5-11/h1-7,10,13H,8H2,(H,17,18,19). The maximum atomic E-state index is 11.8. The fourth-order valence-electron chi connectivity index (χ4n) is 1.74. The molecule has 0 saturated heterocycles. The summed E-state index contributed by atoms with van der Waals surface area (Å²) in [7, 11) is 0. The summed E-state index contributed by atoms with van der Waals surface area (Å²) in [6, 6.07) is 12.1. The van der Waals surface area contributed by atoms with Crippen LogP contribution in [0.2, 0.25) is 0 Å². The first-order valence-corrected chi connectivity index (χ1v) is 6.01. The maximum absolute atomic E-state index is 11.8. The van der Waals surface area contributed by atoms with Gasteiger partial charge >= 0.3 is 0 Å². The van der Waals surface area contributed by atoms with Crippen molar-refractivity contribution in [3.8, 4) is 6.07 Å². The minimum absolute atomic E-state index is 0.0887. The molecule has 2 amide bonds. The van der Waals surface area contributed by atoms with Gasteiger partial charge in [-0.3, -0.25) is 14.9 Å². The molecular weight excluding hydrogens is 256 g/mol. The highest BCUT2D eigenvalue weighted by Gasteiger charge is 2.18. The molecule has 0 aliphatic rings. The van der Waals surface area contributed by atoms with Gasteiger partial charge in [0.1, 0.15) is 0 Å². The Morgan fingerprint density at radius 1 is 1.25 bits per heavy atom. The van der Waals surface area contributed by atoms with Gasteiger partial charge < -0.3 is 4.42 Å². The van der Waals surface area contributed by atoms with Crippen molar-refractivity contribution in [1.29, 1.82) is 5.26 Å². The number of amides is 2. The first-order valence-electron chi connectivity index (χ1n) is 6.01. The van der Waals surface area contributed by atoms with E-state index in [1.807, 2.05) is 6.07 Å². The van der Waals surface area contributed by atoms with E-state index in [1.165, 1.54) is 12.5 Å². The summed E-state index contributed by atoms with van der Waals surface area (Å²) in [4.78, 5) is 23.6. The normalized spacial score (nSPS) is 11.3. The predicted octanol–water partition coefficient (Wildman–Crippen LogP) is 2.23. The minimum atomic E-state index is -0.627. The van der Waals surface area contributed by atoms with E-state index in [0.29, 0.717) is 11.1 Å². The zero-order chi connectivity index (χ0) is 14.4. The van der Waals surface area contributed by atoms with E-state index in [0.717, 1.165) is 0 Å². The lowest BCUT2D eigenvalue weighted by molar-refractivity contribution is -0.120. The molecule has 2 aromatic rings. The van der Waals surface area contributed by atoms with Crippen LogP contribution in [0.5, 0.6) is 0 Å². The van der Waals surface area contributed by atoms with Crippen molar-refractivity contribution >= 4 is 11.8 Å². The molecule has 1 heterocycles. The summed E-state index contributed by atoms with van der Waals surface area (Å²) >= 11 is 0. The summed E-state index contributed by atoms with van der Waals surface area (Å²) in [5.74, 6) is -1.59. The number of carbonyl (C=O) groups excluding carboxylic acids is 2. The molecule has 1 aromatic heterocycles. The molecule has 100 valence electrons. The quantitative estimate of drug-likeness (QED) is 0.921. The molecule has 1 atom stereocenters. The number of hydrogen-bond donors (Lipinski definition) is 1. The Balaban J connectivity index is 1.96. The predicted molar refractivity (Wildman–Crippen MR) is 70.6 cm³/mol. The van der Waals surface area contributed by atoms with Gasteiger partial charge in [0.05, 0.1) is 24.5 Å². The van der Waals surface area contributed by atoms with Crippen molar-refractivity contribution in [2.75, 3.05) is 0 Å². The number of carbonyl (C=O) groups is 2. The van der Waals surface area contributed by atoms with Crippen LogP contribution in [0, 0.1) is 11.3 Å². The van der Waals surface area contributed by atoms with E-state index in [2.05, 4.69) is 5.32 Å². The lowest BCUT2D eigenvalue weighted by atomic mass is 10.00. The summed E-state index contributed by atoms with van der Waals surface area (Å²) in [5, 5.41) is 11.3. The number of nitrogens with one attached hydrogen (secondary N) is 1. The molecule has 5 nitrogen and oxygen atoms in total. The lowest BCUT2D eigenvalue weighted by Gasteiger charge is -2.07. The second-order valence-corrected chi connectivity index (χ2v) is 4.19. The van der Waals surface area contributed by atoms with Crippen LogP contribution in [0.1, 0.15) is 28.3 Å². The van der Waals surface area contributed by atoms with Crippen LogP contribution in [0.25, 0.3) is 0 Å². The monoisotopic (exact) mass is 268 g/mol. The fourth-order valence-corrected chi connectivity index (χ4v) is 1.74. The highest BCUT2D eigenvalue weighted by atomic mass is 16.3. The molecule has 2 rings (SSSR count). The van der Waals surface area contributed by atoms with Gasteiger partial charge in [-0.2, -0.15) is 5.26 Å². The molecule has 20 heavy (non-hydrogen) atoms. The number of benzene rings is 1. The Labute approximate surface area is 115 Å². The van der Waals surface area contributed by atoms with Crippen LogP contribution in [-0.2, 0) is 4.79 Å². The van der Waals surface area contributed by atoms with Gasteiger partial charge in [-0.05, 0) is 18.2 Å². The number of hydrogen-bond acceptors (Lipinski definition) is 4. The number of furan rings is 1. The maximum Gasteiger partial charge on any atom is 0.257 e. The van der Waals surface area contributed by atoms with E-state index in [-0.39, 0.29) is 6.42 Å². The van der Waals surface area contributed by atoms with Crippen LogP contribution in [0.15, 0.2) is 53.3 Å². The van der Waals surface area contributed by atoms with Crippen LogP contribution < -0.4 is 5.32 Å². The topological polar surface area (TPSA) is 83.1 Å². The van der Waals surface area contributed by atoms with Gasteiger partial charge in [-0.15, -0.1) is 0 Å². The molecule has 0 aliphatic heterocycles. The molecule has 0 bridgehead atoms. The Bertz CT molecular complexity index is 627. The average Bonchev–Trinajstić information content (AvgIpc) is 2.99. The van der Waals surface area contributed by atoms with Gasteiger partial charge in [0, 0.05) is 17.5 Å². The highest BCUT2D eigenvalue weighted by Crippen LogP contribution is 2.19. The number of nitrogens with zero attached hydrogens (tertiary/aromatic N) is 1. The van der Waals surface area contributed by atoms with Crippen LogP contribution >= 0.6 is 0 Å². The second kappa shape index (κ2) is 6.34. The molecule has 1 unspecified atom stereocenters. The van der Waals surface area contributed by atoms with Crippen LogP contribution in [-0.4, -0.2) is 11.8 Å². The van der Waals surface area contributed by atoms with Gasteiger partial charge in [-0.25, -0.2) is 0 Å². The molecule has 0 fully saturated rings. The molecule has 0 saturated carbocycles. The van der Waals surface area contributed by atoms with E-state index in [1.54, 1.807) is 36.4 Å². The smallest absolute Gasteiger partial charge is 0.257 e. The van der Waals surface area contributed by atoms with Gasteiger partial charge in [-0.1, -0.05) is 18.2 Å². The van der Waals surface area contributed by atoms with Gasteiger partial charge in [0.2, 0.25) is 5.91 Å². The van der Waals surface area contributed by atoms with Crippen LogP contribution in [0.4, 0.5) is 0 Å².